The van der Waals surface area contributed by atoms with Gasteiger partial charge in [-0.1, -0.05) is 37.5 Å². The Labute approximate surface area is 200 Å². The molecule has 2 aliphatic rings. The van der Waals surface area contributed by atoms with Crippen molar-refractivity contribution < 1.29 is 22.7 Å². The third kappa shape index (κ3) is 4.67. The molecule has 1 aliphatic carbocycles. The van der Waals surface area contributed by atoms with Crippen LogP contribution < -0.4 is 15.0 Å². The minimum Gasteiger partial charge on any atom is -0.497 e. The van der Waals surface area contributed by atoms with Crippen LogP contribution in [0.1, 0.15) is 39.0 Å². The molecule has 4 rings (SSSR count). The molecule has 1 saturated carbocycles. The fourth-order valence-corrected chi connectivity index (χ4v) is 6.30. The van der Waals surface area contributed by atoms with E-state index in [1.165, 1.54) is 17.0 Å². The number of carbonyl (C=O) groups is 2. The van der Waals surface area contributed by atoms with Crippen LogP contribution in [-0.4, -0.2) is 56.3 Å². The first-order valence-electron chi connectivity index (χ1n) is 11.6. The molecule has 2 aromatic carbocycles. The number of methoxy groups -OCH3 is 1. The number of amides is 2. The van der Waals surface area contributed by atoms with Gasteiger partial charge in [0.1, 0.15) is 11.3 Å². The fourth-order valence-electron chi connectivity index (χ4n) is 4.80. The van der Waals surface area contributed by atoms with Crippen LogP contribution in [0.25, 0.3) is 0 Å². The van der Waals surface area contributed by atoms with E-state index >= 15 is 0 Å². The Morgan fingerprint density at radius 3 is 2.29 bits per heavy atom. The van der Waals surface area contributed by atoms with E-state index in [0.29, 0.717) is 11.4 Å². The van der Waals surface area contributed by atoms with E-state index in [4.69, 9.17) is 4.74 Å². The zero-order chi connectivity index (χ0) is 24.3. The first kappa shape index (κ1) is 24.2. The van der Waals surface area contributed by atoms with E-state index < -0.39 is 21.5 Å². The second-order valence-electron chi connectivity index (χ2n) is 9.10. The number of carbonyl (C=O) groups excluding carboxylic acids is 2. The van der Waals surface area contributed by atoms with Gasteiger partial charge in [0.2, 0.25) is 21.8 Å². The number of hydrogen-bond donors (Lipinski definition) is 1. The summed E-state index contributed by atoms with van der Waals surface area (Å²) in [5, 5.41) is 3.10. The van der Waals surface area contributed by atoms with Crippen LogP contribution >= 0.6 is 0 Å². The lowest BCUT2D eigenvalue weighted by molar-refractivity contribution is -0.133. The van der Waals surface area contributed by atoms with Crippen LogP contribution in [0.2, 0.25) is 0 Å². The van der Waals surface area contributed by atoms with Crippen molar-refractivity contribution in [2.45, 2.75) is 55.5 Å². The van der Waals surface area contributed by atoms with Gasteiger partial charge in [0, 0.05) is 18.3 Å². The Hall–Kier alpha value is -2.91. The molecule has 1 atom stereocenters. The van der Waals surface area contributed by atoms with Gasteiger partial charge in [-0.2, -0.15) is 4.31 Å². The number of hydrogen-bond acceptors (Lipinski definition) is 5. The second kappa shape index (κ2) is 9.76. The van der Waals surface area contributed by atoms with Gasteiger partial charge in [0.05, 0.1) is 18.6 Å². The van der Waals surface area contributed by atoms with Crippen LogP contribution in [0.15, 0.2) is 59.5 Å². The monoisotopic (exact) mass is 485 g/mol. The van der Waals surface area contributed by atoms with Crippen LogP contribution in [0, 0.1) is 0 Å². The van der Waals surface area contributed by atoms with Crippen molar-refractivity contribution in [2.75, 3.05) is 25.1 Å². The predicted molar refractivity (Wildman–Crippen MR) is 129 cm³/mol. The SMILES string of the molecule is COc1ccc(N2C(=O)CN(S(=O)(=O)c3ccccc3)C[C@@]2(C)C(=O)NC2CCCCC2)cc1. The average Bonchev–Trinajstić information content (AvgIpc) is 2.85. The summed E-state index contributed by atoms with van der Waals surface area (Å²) in [7, 11) is -2.41. The maximum atomic E-state index is 13.7. The molecule has 1 saturated heterocycles. The third-order valence-corrected chi connectivity index (χ3v) is 8.49. The summed E-state index contributed by atoms with van der Waals surface area (Å²) in [4.78, 5) is 28.7. The Balaban J connectivity index is 1.71. The summed E-state index contributed by atoms with van der Waals surface area (Å²) in [5.74, 6) is -0.191. The lowest BCUT2D eigenvalue weighted by Gasteiger charge is -2.47. The van der Waals surface area contributed by atoms with Crippen LogP contribution in [0.5, 0.6) is 5.75 Å². The van der Waals surface area contributed by atoms with Crippen molar-refractivity contribution in [3.05, 3.63) is 54.6 Å². The van der Waals surface area contributed by atoms with Gasteiger partial charge in [0.25, 0.3) is 0 Å². The first-order valence-corrected chi connectivity index (χ1v) is 13.0. The van der Waals surface area contributed by atoms with E-state index in [1.54, 1.807) is 56.5 Å². The largest absolute Gasteiger partial charge is 0.497 e. The molecular formula is C25H31N3O5S. The average molecular weight is 486 g/mol. The summed E-state index contributed by atoms with van der Waals surface area (Å²) < 4.78 is 33.1. The lowest BCUT2D eigenvalue weighted by Crippen LogP contribution is -2.70. The zero-order valence-electron chi connectivity index (χ0n) is 19.6. The standard InChI is InChI=1S/C25H31N3O5S/c1-25(24(30)26-19-9-5-3-6-10-19)18-27(34(31,32)22-11-7-4-8-12-22)17-23(29)28(25)20-13-15-21(33-2)16-14-20/h4,7-8,11-16,19H,3,5-6,9-10,17-18H2,1-2H3,(H,26,30)/t25-/m0/s1. The summed E-state index contributed by atoms with van der Waals surface area (Å²) in [6, 6.07) is 14.9. The van der Waals surface area contributed by atoms with E-state index in [2.05, 4.69) is 5.32 Å². The summed E-state index contributed by atoms with van der Waals surface area (Å²) in [5.41, 5.74) is -0.910. The minimum atomic E-state index is -3.96. The molecule has 182 valence electrons. The molecule has 0 radical (unpaired) electrons. The van der Waals surface area contributed by atoms with Crippen LogP contribution in [-0.2, 0) is 19.6 Å². The molecule has 2 amide bonds. The summed E-state index contributed by atoms with van der Waals surface area (Å²) >= 11 is 0. The Morgan fingerprint density at radius 1 is 1.03 bits per heavy atom. The first-order chi connectivity index (χ1) is 16.3. The van der Waals surface area contributed by atoms with Gasteiger partial charge in [-0.15, -0.1) is 0 Å². The molecule has 0 unspecified atom stereocenters. The van der Waals surface area contributed by atoms with Gasteiger partial charge < -0.3 is 10.1 Å². The van der Waals surface area contributed by atoms with Gasteiger partial charge in [-0.3, -0.25) is 14.5 Å². The lowest BCUT2D eigenvalue weighted by atomic mass is 9.91. The molecule has 8 nitrogen and oxygen atoms in total. The maximum Gasteiger partial charge on any atom is 0.247 e. The Morgan fingerprint density at radius 2 is 1.68 bits per heavy atom. The molecule has 2 aromatic rings. The number of ether oxygens (including phenoxy) is 1. The van der Waals surface area contributed by atoms with Crippen molar-refractivity contribution >= 4 is 27.5 Å². The molecule has 0 spiro atoms. The number of benzene rings is 2. The van der Waals surface area contributed by atoms with Gasteiger partial charge in [0.15, 0.2) is 0 Å². The number of sulfonamides is 1. The van der Waals surface area contributed by atoms with E-state index in [-0.39, 0.29) is 29.9 Å². The summed E-state index contributed by atoms with van der Waals surface area (Å²) in [6.45, 7) is 1.13. The Bertz CT molecular complexity index is 1130. The van der Waals surface area contributed by atoms with Crippen molar-refractivity contribution in [3.63, 3.8) is 0 Å². The van der Waals surface area contributed by atoms with E-state index in [9.17, 15) is 18.0 Å². The number of anilines is 1. The predicted octanol–water partition coefficient (Wildman–Crippen LogP) is 2.94. The fraction of sp³-hybridized carbons (Fsp3) is 0.440. The highest BCUT2D eigenvalue weighted by molar-refractivity contribution is 7.89. The van der Waals surface area contributed by atoms with Crippen molar-refractivity contribution in [3.8, 4) is 5.75 Å². The normalized spacial score (nSPS) is 22.4. The molecule has 1 heterocycles. The third-order valence-electron chi connectivity index (χ3n) is 6.68. The topological polar surface area (TPSA) is 96.0 Å². The minimum absolute atomic E-state index is 0.0204. The summed E-state index contributed by atoms with van der Waals surface area (Å²) in [6.07, 6.45) is 4.98. The molecule has 34 heavy (non-hydrogen) atoms. The van der Waals surface area contributed by atoms with E-state index in [1.807, 2.05) is 0 Å². The number of nitrogens with one attached hydrogen (secondary N) is 1. The van der Waals surface area contributed by atoms with Crippen LogP contribution in [0.4, 0.5) is 5.69 Å². The Kier molecular flexibility index (Phi) is 6.95. The second-order valence-corrected chi connectivity index (χ2v) is 11.0. The highest BCUT2D eigenvalue weighted by Crippen LogP contribution is 2.33. The number of nitrogens with zero attached hydrogens (tertiary/aromatic N) is 2. The molecule has 0 aromatic heterocycles. The van der Waals surface area contributed by atoms with E-state index in [0.717, 1.165) is 36.4 Å². The molecule has 1 aliphatic heterocycles. The number of piperazine rings is 1. The van der Waals surface area contributed by atoms with Gasteiger partial charge in [-0.05, 0) is 56.2 Å². The molecule has 1 N–H and O–H groups in total. The number of rotatable bonds is 6. The van der Waals surface area contributed by atoms with Crippen LogP contribution in [0.3, 0.4) is 0 Å². The quantitative estimate of drug-likeness (QED) is 0.679. The van der Waals surface area contributed by atoms with Crippen molar-refractivity contribution in [1.82, 2.24) is 9.62 Å². The molecule has 0 bridgehead atoms. The highest BCUT2D eigenvalue weighted by Gasteiger charge is 2.51. The van der Waals surface area contributed by atoms with Gasteiger partial charge >= 0.3 is 0 Å². The van der Waals surface area contributed by atoms with Crippen molar-refractivity contribution in [2.24, 2.45) is 0 Å². The molecule has 2 fully saturated rings. The maximum absolute atomic E-state index is 13.7. The van der Waals surface area contributed by atoms with Gasteiger partial charge in [-0.25, -0.2) is 8.42 Å². The molecular weight excluding hydrogens is 454 g/mol. The van der Waals surface area contributed by atoms with Crippen molar-refractivity contribution in [1.29, 1.82) is 0 Å². The smallest absolute Gasteiger partial charge is 0.247 e. The zero-order valence-corrected chi connectivity index (χ0v) is 20.4. The molecule has 9 heteroatoms. The highest BCUT2D eigenvalue weighted by atomic mass is 32.2.